The van der Waals surface area contributed by atoms with Gasteiger partial charge in [0.05, 0.1) is 3.79 Å². The van der Waals surface area contributed by atoms with E-state index in [1.807, 2.05) is 12.1 Å². The smallest absolute Gasteiger partial charge is 0.408 e. The zero-order valence-electron chi connectivity index (χ0n) is 10.9. The average Bonchev–Trinajstić information content (AvgIpc) is 2.60. The van der Waals surface area contributed by atoms with Gasteiger partial charge in [-0.15, -0.1) is 11.3 Å². The number of aliphatic carboxylic acids is 1. The number of carboxylic acid groups (broad SMARTS) is 1. The van der Waals surface area contributed by atoms with E-state index in [0.29, 0.717) is 0 Å². The monoisotopic (exact) mass is 349 g/mol. The van der Waals surface area contributed by atoms with Crippen LogP contribution in [0.25, 0.3) is 0 Å². The summed E-state index contributed by atoms with van der Waals surface area (Å²) in [5.41, 5.74) is -0.654. The van der Waals surface area contributed by atoms with Gasteiger partial charge < -0.3 is 15.2 Å². The van der Waals surface area contributed by atoms with Crippen LogP contribution in [-0.4, -0.2) is 28.8 Å². The second kappa shape index (κ2) is 6.38. The summed E-state index contributed by atoms with van der Waals surface area (Å²) in [6.07, 6.45) is -0.499. The molecule has 0 saturated carbocycles. The van der Waals surface area contributed by atoms with E-state index < -0.39 is 23.7 Å². The highest BCUT2D eigenvalue weighted by Crippen LogP contribution is 2.23. The summed E-state index contributed by atoms with van der Waals surface area (Å²) in [5, 5.41) is 11.5. The van der Waals surface area contributed by atoms with Gasteiger partial charge in [0, 0.05) is 11.3 Å². The lowest BCUT2D eigenvalue weighted by Crippen LogP contribution is -2.44. The van der Waals surface area contributed by atoms with Crippen LogP contribution >= 0.6 is 27.3 Å². The summed E-state index contributed by atoms with van der Waals surface area (Å²) >= 11 is 4.74. The van der Waals surface area contributed by atoms with Gasteiger partial charge in [0.25, 0.3) is 0 Å². The average molecular weight is 350 g/mol. The number of amides is 1. The van der Waals surface area contributed by atoms with Crippen molar-refractivity contribution in [1.82, 2.24) is 5.32 Å². The molecule has 0 aliphatic heterocycles. The molecule has 0 aliphatic carbocycles. The Morgan fingerprint density at radius 1 is 1.47 bits per heavy atom. The Bertz CT molecular complexity index is 467. The zero-order valence-corrected chi connectivity index (χ0v) is 13.3. The lowest BCUT2D eigenvalue weighted by molar-refractivity contribution is -0.139. The SMILES string of the molecule is CC(C)(C)OC(=O)N[C@H](Cc1ccc(Br)s1)C(=O)O. The van der Waals surface area contributed by atoms with Crippen LogP contribution in [0.4, 0.5) is 4.79 Å². The molecule has 0 radical (unpaired) electrons. The lowest BCUT2D eigenvalue weighted by Gasteiger charge is -2.21. The Hall–Kier alpha value is -1.08. The minimum absolute atomic E-state index is 0.227. The molecule has 19 heavy (non-hydrogen) atoms. The molecule has 2 N–H and O–H groups in total. The van der Waals surface area contributed by atoms with Crippen molar-refractivity contribution in [3.8, 4) is 0 Å². The first-order valence-corrected chi connectivity index (χ1v) is 7.25. The van der Waals surface area contributed by atoms with Crippen molar-refractivity contribution in [2.45, 2.75) is 38.8 Å². The molecule has 0 fully saturated rings. The largest absolute Gasteiger partial charge is 0.480 e. The van der Waals surface area contributed by atoms with E-state index in [0.717, 1.165) is 8.66 Å². The summed E-state index contributed by atoms with van der Waals surface area (Å²) in [7, 11) is 0. The highest BCUT2D eigenvalue weighted by atomic mass is 79.9. The van der Waals surface area contributed by atoms with Crippen LogP contribution in [0.2, 0.25) is 0 Å². The van der Waals surface area contributed by atoms with E-state index in [4.69, 9.17) is 9.84 Å². The van der Waals surface area contributed by atoms with Gasteiger partial charge in [-0.1, -0.05) is 0 Å². The molecule has 5 nitrogen and oxygen atoms in total. The van der Waals surface area contributed by atoms with E-state index in [-0.39, 0.29) is 6.42 Å². The third-order valence-corrected chi connectivity index (χ3v) is 3.67. The first-order valence-electron chi connectivity index (χ1n) is 5.64. The normalized spacial score (nSPS) is 12.8. The molecule has 1 aromatic rings. The quantitative estimate of drug-likeness (QED) is 0.875. The standard InChI is InChI=1S/C12H16BrNO4S/c1-12(2,3)18-11(17)14-8(10(15)16)6-7-4-5-9(13)19-7/h4-5,8H,6H2,1-3H3,(H,14,17)(H,15,16)/t8-/m1/s1. The van der Waals surface area contributed by atoms with Gasteiger partial charge in [-0.05, 0) is 48.8 Å². The maximum Gasteiger partial charge on any atom is 0.408 e. The van der Waals surface area contributed by atoms with Crippen molar-refractivity contribution in [1.29, 1.82) is 0 Å². The summed E-state index contributed by atoms with van der Waals surface area (Å²) < 4.78 is 5.96. The van der Waals surface area contributed by atoms with E-state index in [2.05, 4.69) is 21.2 Å². The first kappa shape index (κ1) is 16.0. The number of halogens is 1. The second-order valence-electron chi connectivity index (χ2n) is 4.95. The van der Waals surface area contributed by atoms with Crippen LogP contribution in [0, 0.1) is 0 Å². The number of alkyl carbamates (subject to hydrolysis) is 1. The molecule has 1 aromatic heterocycles. The number of ether oxygens (including phenoxy) is 1. The van der Waals surface area contributed by atoms with Gasteiger partial charge in [-0.2, -0.15) is 0 Å². The van der Waals surface area contributed by atoms with Gasteiger partial charge in [0.15, 0.2) is 0 Å². The van der Waals surface area contributed by atoms with Crippen molar-refractivity contribution in [3.63, 3.8) is 0 Å². The molecule has 0 bridgehead atoms. The van der Waals surface area contributed by atoms with Gasteiger partial charge in [0.1, 0.15) is 11.6 Å². The first-order chi connectivity index (χ1) is 8.67. The Kier molecular flexibility index (Phi) is 5.37. The van der Waals surface area contributed by atoms with E-state index in [1.165, 1.54) is 11.3 Å². The summed E-state index contributed by atoms with van der Waals surface area (Å²) in [6.45, 7) is 5.16. The third-order valence-electron chi connectivity index (χ3n) is 2.02. The molecule has 1 atom stereocenters. The highest BCUT2D eigenvalue weighted by Gasteiger charge is 2.24. The fourth-order valence-corrected chi connectivity index (χ4v) is 2.84. The van der Waals surface area contributed by atoms with Crippen LogP contribution in [0.1, 0.15) is 25.6 Å². The number of hydrogen-bond acceptors (Lipinski definition) is 4. The lowest BCUT2D eigenvalue weighted by atomic mass is 10.2. The predicted octanol–water partition coefficient (Wildman–Crippen LogP) is 3.03. The van der Waals surface area contributed by atoms with Crippen molar-refractivity contribution in [2.75, 3.05) is 0 Å². The molecule has 106 valence electrons. The Morgan fingerprint density at radius 2 is 2.11 bits per heavy atom. The second-order valence-corrected chi connectivity index (χ2v) is 7.49. The molecule has 1 rings (SSSR count). The van der Waals surface area contributed by atoms with Crippen LogP contribution in [0.5, 0.6) is 0 Å². The zero-order chi connectivity index (χ0) is 14.6. The van der Waals surface area contributed by atoms with Crippen molar-refractivity contribution in [2.24, 2.45) is 0 Å². The third kappa shape index (κ3) is 6.07. The fourth-order valence-electron chi connectivity index (χ4n) is 1.31. The number of thiophene rings is 1. The van der Waals surface area contributed by atoms with Crippen LogP contribution in [0.15, 0.2) is 15.9 Å². The van der Waals surface area contributed by atoms with Crippen LogP contribution < -0.4 is 5.32 Å². The van der Waals surface area contributed by atoms with Crippen molar-refractivity contribution < 1.29 is 19.4 Å². The molecule has 7 heteroatoms. The molecule has 1 heterocycles. The maximum absolute atomic E-state index is 11.6. The summed E-state index contributed by atoms with van der Waals surface area (Å²) in [6, 6.07) is 2.66. The van der Waals surface area contributed by atoms with Gasteiger partial charge in [-0.25, -0.2) is 9.59 Å². The molecular weight excluding hydrogens is 334 g/mol. The molecule has 0 saturated heterocycles. The number of rotatable bonds is 4. The van der Waals surface area contributed by atoms with Gasteiger partial charge in [-0.3, -0.25) is 0 Å². The van der Waals surface area contributed by atoms with Crippen molar-refractivity contribution in [3.05, 3.63) is 20.8 Å². The van der Waals surface area contributed by atoms with E-state index in [9.17, 15) is 9.59 Å². The number of hydrogen-bond donors (Lipinski definition) is 2. The summed E-state index contributed by atoms with van der Waals surface area (Å²) in [4.78, 5) is 23.6. The molecule has 0 aliphatic rings. The Balaban J connectivity index is 2.63. The molecule has 0 spiro atoms. The van der Waals surface area contributed by atoms with E-state index in [1.54, 1.807) is 20.8 Å². The summed E-state index contributed by atoms with van der Waals surface area (Å²) in [5.74, 6) is -1.09. The molecule has 0 aromatic carbocycles. The minimum atomic E-state index is -1.09. The number of carboxylic acids is 1. The predicted molar refractivity (Wildman–Crippen MR) is 76.5 cm³/mol. The van der Waals surface area contributed by atoms with Crippen LogP contribution in [0.3, 0.4) is 0 Å². The number of carbonyl (C=O) groups excluding carboxylic acids is 1. The maximum atomic E-state index is 11.6. The van der Waals surface area contributed by atoms with Gasteiger partial charge >= 0.3 is 12.1 Å². The molecule has 1 amide bonds. The van der Waals surface area contributed by atoms with Crippen molar-refractivity contribution >= 4 is 39.3 Å². The van der Waals surface area contributed by atoms with Crippen LogP contribution in [-0.2, 0) is 16.0 Å². The van der Waals surface area contributed by atoms with Gasteiger partial charge in [0.2, 0.25) is 0 Å². The number of carbonyl (C=O) groups is 2. The minimum Gasteiger partial charge on any atom is -0.480 e. The molecule has 0 unspecified atom stereocenters. The Morgan fingerprint density at radius 3 is 2.53 bits per heavy atom. The highest BCUT2D eigenvalue weighted by molar-refractivity contribution is 9.11. The Labute approximate surface area is 124 Å². The van der Waals surface area contributed by atoms with E-state index >= 15 is 0 Å². The molecular formula is C12H16BrNO4S. The fraction of sp³-hybridized carbons (Fsp3) is 0.500. The topological polar surface area (TPSA) is 75.6 Å². The number of nitrogens with one attached hydrogen (secondary N) is 1.